The lowest BCUT2D eigenvalue weighted by Crippen LogP contribution is -2.37. The molecule has 1 aliphatic carbocycles. The van der Waals surface area contributed by atoms with Crippen LogP contribution in [0.3, 0.4) is 0 Å². The summed E-state index contributed by atoms with van der Waals surface area (Å²) in [5.41, 5.74) is 1.86. The topological polar surface area (TPSA) is 66.2 Å². The third-order valence-corrected chi connectivity index (χ3v) is 5.34. The molecule has 1 saturated heterocycles. The zero-order chi connectivity index (χ0) is 16.9. The van der Waals surface area contributed by atoms with Crippen LogP contribution in [0.1, 0.15) is 49.8 Å². The van der Waals surface area contributed by atoms with Crippen LogP contribution in [0, 0.1) is 6.92 Å². The second-order valence-electron chi connectivity index (χ2n) is 6.63. The van der Waals surface area contributed by atoms with E-state index >= 15 is 0 Å². The minimum Gasteiger partial charge on any atom is -0.343 e. The number of halogens is 1. The molecule has 0 spiro atoms. The molecule has 2 aromatic rings. The average molecular weight is 350 g/mol. The van der Waals surface area contributed by atoms with Gasteiger partial charge in [-0.2, -0.15) is 4.98 Å². The van der Waals surface area contributed by atoms with Crippen molar-refractivity contribution >= 4 is 22.6 Å². The van der Waals surface area contributed by atoms with E-state index in [0.717, 1.165) is 36.6 Å². The van der Waals surface area contributed by atoms with Gasteiger partial charge in [0.1, 0.15) is 5.65 Å². The Hall–Kier alpha value is -1.50. The molecule has 0 aromatic carbocycles. The van der Waals surface area contributed by atoms with E-state index in [-0.39, 0.29) is 16.9 Å². The van der Waals surface area contributed by atoms with E-state index in [1.165, 1.54) is 0 Å². The molecule has 0 radical (unpaired) electrons. The predicted molar refractivity (Wildman–Crippen MR) is 90.3 cm³/mol. The SMILES string of the molecule is Cc1c(C2(C)OCCO2)c(=O)n(C2CCCC2)c2nc(Cl)ncc12. The van der Waals surface area contributed by atoms with Gasteiger partial charge >= 0.3 is 0 Å². The highest BCUT2D eigenvalue weighted by atomic mass is 35.5. The maximum atomic E-state index is 13.4. The van der Waals surface area contributed by atoms with Gasteiger partial charge in [0, 0.05) is 17.6 Å². The molecule has 0 amide bonds. The second kappa shape index (κ2) is 5.79. The Bertz CT molecular complexity index is 852. The fraction of sp³-hybridized carbons (Fsp3) is 0.588. The van der Waals surface area contributed by atoms with Crippen LogP contribution in [0.15, 0.2) is 11.0 Å². The van der Waals surface area contributed by atoms with Gasteiger partial charge in [0.2, 0.25) is 5.28 Å². The molecule has 0 bridgehead atoms. The predicted octanol–water partition coefficient (Wildman–Crippen LogP) is 3.09. The van der Waals surface area contributed by atoms with Crippen molar-refractivity contribution in [2.45, 2.75) is 51.4 Å². The molecule has 7 heteroatoms. The van der Waals surface area contributed by atoms with E-state index in [4.69, 9.17) is 21.1 Å². The summed E-state index contributed by atoms with van der Waals surface area (Å²) in [7, 11) is 0. The first-order valence-corrected chi connectivity index (χ1v) is 8.75. The molecule has 0 unspecified atom stereocenters. The Kier molecular flexibility index (Phi) is 3.86. The van der Waals surface area contributed by atoms with Crippen molar-refractivity contribution in [2.24, 2.45) is 0 Å². The number of fused-ring (bicyclic) bond motifs is 1. The van der Waals surface area contributed by atoms with Crippen molar-refractivity contribution in [3.63, 3.8) is 0 Å². The van der Waals surface area contributed by atoms with E-state index < -0.39 is 5.79 Å². The summed E-state index contributed by atoms with van der Waals surface area (Å²) in [5, 5.41) is 0.974. The fourth-order valence-electron chi connectivity index (χ4n) is 4.01. The maximum Gasteiger partial charge on any atom is 0.261 e. The molecule has 2 aromatic heterocycles. The fourth-order valence-corrected chi connectivity index (χ4v) is 4.14. The van der Waals surface area contributed by atoms with E-state index in [0.29, 0.717) is 24.4 Å². The highest BCUT2D eigenvalue weighted by Gasteiger charge is 2.39. The third kappa shape index (κ3) is 2.36. The molecule has 1 saturated carbocycles. The summed E-state index contributed by atoms with van der Waals surface area (Å²) in [6.07, 6.45) is 5.86. The summed E-state index contributed by atoms with van der Waals surface area (Å²) in [5.74, 6) is -1.02. The van der Waals surface area contributed by atoms with Crippen molar-refractivity contribution in [1.29, 1.82) is 0 Å². The smallest absolute Gasteiger partial charge is 0.261 e. The van der Waals surface area contributed by atoms with Gasteiger partial charge < -0.3 is 9.47 Å². The minimum absolute atomic E-state index is 0.0916. The van der Waals surface area contributed by atoms with Crippen LogP contribution in [0.4, 0.5) is 0 Å². The zero-order valence-corrected chi connectivity index (χ0v) is 14.6. The number of pyridine rings is 1. The first-order chi connectivity index (χ1) is 11.5. The minimum atomic E-state index is -1.02. The van der Waals surface area contributed by atoms with Gasteiger partial charge in [-0.15, -0.1) is 0 Å². The molecule has 6 nitrogen and oxygen atoms in total. The van der Waals surface area contributed by atoms with Crippen LogP contribution in [0.2, 0.25) is 5.28 Å². The Balaban J connectivity index is 2.07. The molecule has 2 aliphatic rings. The van der Waals surface area contributed by atoms with Gasteiger partial charge in [-0.3, -0.25) is 9.36 Å². The van der Waals surface area contributed by atoms with Crippen LogP contribution in [-0.2, 0) is 15.3 Å². The van der Waals surface area contributed by atoms with Crippen molar-refractivity contribution in [3.8, 4) is 0 Å². The monoisotopic (exact) mass is 349 g/mol. The van der Waals surface area contributed by atoms with Crippen molar-refractivity contribution in [2.75, 3.05) is 13.2 Å². The number of hydrogen-bond acceptors (Lipinski definition) is 5. The van der Waals surface area contributed by atoms with Gasteiger partial charge in [0.05, 0.1) is 18.8 Å². The molecule has 24 heavy (non-hydrogen) atoms. The molecule has 1 aliphatic heterocycles. The second-order valence-corrected chi connectivity index (χ2v) is 6.97. The highest BCUT2D eigenvalue weighted by molar-refractivity contribution is 6.28. The van der Waals surface area contributed by atoms with E-state index in [9.17, 15) is 4.79 Å². The van der Waals surface area contributed by atoms with Crippen LogP contribution in [-0.4, -0.2) is 27.7 Å². The molecular formula is C17H20ClN3O3. The van der Waals surface area contributed by atoms with Crippen LogP contribution >= 0.6 is 11.6 Å². The first-order valence-electron chi connectivity index (χ1n) is 8.37. The summed E-state index contributed by atoms with van der Waals surface area (Å²) in [4.78, 5) is 21.9. The largest absolute Gasteiger partial charge is 0.343 e. The van der Waals surface area contributed by atoms with Crippen LogP contribution in [0.25, 0.3) is 11.0 Å². The number of aryl methyl sites for hydroxylation is 1. The Labute approximate surface area is 144 Å². The Morgan fingerprint density at radius 2 is 1.96 bits per heavy atom. The van der Waals surface area contributed by atoms with Crippen molar-refractivity contribution < 1.29 is 9.47 Å². The first kappa shape index (κ1) is 16.0. The van der Waals surface area contributed by atoms with Crippen molar-refractivity contribution in [1.82, 2.24) is 14.5 Å². The average Bonchev–Trinajstić information content (AvgIpc) is 3.19. The lowest BCUT2D eigenvalue weighted by molar-refractivity contribution is -0.151. The number of ether oxygens (including phenoxy) is 2. The normalized spacial score (nSPS) is 21.0. The van der Waals surface area contributed by atoms with E-state index in [1.807, 2.05) is 13.8 Å². The van der Waals surface area contributed by atoms with E-state index in [1.54, 1.807) is 10.8 Å². The number of aromatic nitrogens is 3. The quantitative estimate of drug-likeness (QED) is 0.779. The standard InChI is InChI=1S/C17H20ClN3O3/c1-10-12-9-19-16(18)20-14(12)21(11-5-3-4-6-11)15(22)13(10)17(2)23-7-8-24-17/h9,11H,3-8H2,1-2H3. The van der Waals surface area contributed by atoms with Gasteiger partial charge in [0.15, 0.2) is 5.79 Å². The molecule has 2 fully saturated rings. The molecule has 4 rings (SSSR count). The number of hydrogen-bond donors (Lipinski definition) is 0. The zero-order valence-electron chi connectivity index (χ0n) is 13.8. The maximum absolute atomic E-state index is 13.4. The van der Waals surface area contributed by atoms with Gasteiger partial charge in [-0.1, -0.05) is 12.8 Å². The van der Waals surface area contributed by atoms with Gasteiger partial charge in [-0.25, -0.2) is 4.98 Å². The Morgan fingerprint density at radius 3 is 2.62 bits per heavy atom. The van der Waals surface area contributed by atoms with Crippen molar-refractivity contribution in [3.05, 3.63) is 33.0 Å². The molecule has 128 valence electrons. The van der Waals surface area contributed by atoms with Crippen LogP contribution in [0.5, 0.6) is 0 Å². The van der Waals surface area contributed by atoms with E-state index in [2.05, 4.69) is 9.97 Å². The number of nitrogens with zero attached hydrogens (tertiary/aromatic N) is 3. The summed E-state index contributed by atoms with van der Waals surface area (Å²) >= 11 is 6.01. The molecule has 0 N–H and O–H groups in total. The summed E-state index contributed by atoms with van der Waals surface area (Å²) in [6, 6.07) is 0.135. The van der Waals surface area contributed by atoms with Gasteiger partial charge in [0.25, 0.3) is 5.56 Å². The Morgan fingerprint density at radius 1 is 1.29 bits per heavy atom. The molecular weight excluding hydrogens is 330 g/mol. The molecule has 3 heterocycles. The number of rotatable bonds is 2. The van der Waals surface area contributed by atoms with Gasteiger partial charge in [-0.05, 0) is 43.9 Å². The third-order valence-electron chi connectivity index (χ3n) is 5.16. The summed E-state index contributed by atoms with van der Waals surface area (Å²) in [6.45, 7) is 4.67. The lowest BCUT2D eigenvalue weighted by Gasteiger charge is -2.27. The van der Waals surface area contributed by atoms with Crippen LogP contribution < -0.4 is 5.56 Å². The highest BCUT2D eigenvalue weighted by Crippen LogP contribution is 2.36. The lowest BCUT2D eigenvalue weighted by atomic mass is 10.00. The summed E-state index contributed by atoms with van der Waals surface area (Å²) < 4.78 is 13.3. The molecule has 0 atom stereocenters.